The lowest BCUT2D eigenvalue weighted by Gasteiger charge is -2.22. The number of hydrogen-bond acceptors (Lipinski definition) is 13. The monoisotopic (exact) mass is 1170 g/mol. The molecule has 2 aromatic heterocycles. The van der Waals surface area contributed by atoms with Crippen molar-refractivity contribution in [3.8, 4) is 57.0 Å². The highest BCUT2D eigenvalue weighted by Gasteiger charge is 2.44. The lowest BCUT2D eigenvalue weighted by Crippen LogP contribution is -2.29. The van der Waals surface area contributed by atoms with Gasteiger partial charge in [-0.05, 0) is 65.8 Å². The van der Waals surface area contributed by atoms with E-state index in [9.17, 15) is 54.3 Å². The summed E-state index contributed by atoms with van der Waals surface area (Å²) >= 11 is 0. The van der Waals surface area contributed by atoms with Crippen LogP contribution in [-0.2, 0) is 31.8 Å². The van der Waals surface area contributed by atoms with Crippen molar-refractivity contribution in [3.05, 3.63) is 96.6 Å². The number of anilines is 4. The predicted octanol–water partition coefficient (Wildman–Crippen LogP) is 10.9. The zero-order valence-electron chi connectivity index (χ0n) is 47.1. The van der Waals surface area contributed by atoms with Crippen LogP contribution in [0.1, 0.15) is 55.4 Å². The average molecular weight is 1180 g/mol. The van der Waals surface area contributed by atoms with Gasteiger partial charge in [0.1, 0.15) is 63.2 Å². The van der Waals surface area contributed by atoms with Gasteiger partial charge in [0.25, 0.3) is 0 Å². The van der Waals surface area contributed by atoms with Gasteiger partial charge >= 0.3 is 18.6 Å². The maximum atomic E-state index is 14.4. The van der Waals surface area contributed by atoms with Crippen molar-refractivity contribution in [1.82, 2.24) is 19.6 Å². The minimum absolute atomic E-state index is 0.0271. The molecule has 4 N–H and O–H groups in total. The van der Waals surface area contributed by atoms with Crippen LogP contribution in [0.5, 0.6) is 34.5 Å². The van der Waals surface area contributed by atoms with Gasteiger partial charge in [0.2, 0.25) is 17.7 Å². The number of rotatable bonds is 13. The largest absolute Gasteiger partial charge is 0.505 e. The fourth-order valence-corrected chi connectivity index (χ4v) is 8.79. The molecule has 83 heavy (non-hydrogen) atoms. The number of benzene rings is 4. The number of nitrogens with one attached hydrogen (secondary N) is 1. The molecule has 0 unspecified atom stereocenters. The summed E-state index contributed by atoms with van der Waals surface area (Å²) in [6.07, 6.45) is -9.74. The number of carbonyl (C=O) groups excluding carboxylic acids is 3. The van der Waals surface area contributed by atoms with Crippen LogP contribution in [0.3, 0.4) is 0 Å². The number of carboxylic acid groups (broad SMARTS) is 1. The summed E-state index contributed by atoms with van der Waals surface area (Å²) in [5.74, 6) is -5.24. The number of amides is 3. The van der Waals surface area contributed by atoms with Crippen molar-refractivity contribution in [2.75, 3.05) is 62.4 Å². The number of halogens is 8. The third kappa shape index (κ3) is 15.8. The predicted molar refractivity (Wildman–Crippen MR) is 288 cm³/mol. The van der Waals surface area contributed by atoms with Crippen LogP contribution < -0.4 is 49.3 Å². The van der Waals surface area contributed by atoms with E-state index in [-0.39, 0.29) is 68.4 Å². The smallest absolute Gasteiger partial charge is 0.497 e. The van der Waals surface area contributed by atoms with Gasteiger partial charge in [-0.1, -0.05) is 13.8 Å². The molecule has 27 heteroatoms. The van der Waals surface area contributed by atoms with E-state index in [1.807, 2.05) is 0 Å². The third-order valence-electron chi connectivity index (χ3n) is 12.6. The highest BCUT2D eigenvalue weighted by Crippen LogP contribution is 2.39. The van der Waals surface area contributed by atoms with Gasteiger partial charge in [-0.25, -0.2) is 8.78 Å². The number of methoxy groups -OCH3 is 4. The molecule has 2 aliphatic heterocycles. The first-order valence-electron chi connectivity index (χ1n) is 25.3. The van der Waals surface area contributed by atoms with Gasteiger partial charge in [-0.15, -0.1) is 36.5 Å². The number of ether oxygens (including phenoxy) is 6. The summed E-state index contributed by atoms with van der Waals surface area (Å²) in [5, 5.41) is 18.3. The highest BCUT2D eigenvalue weighted by atomic mass is 19.4. The maximum absolute atomic E-state index is 14.4. The normalized spacial score (nSPS) is 17.3. The standard InChI is InChI=1S/C28H30F4N4O5.C14H15F4N3O.C14H17NO5/c1-15-22(14-35(26(15)38)18-10-19(39-5)12-20(11-18)40-6)25(37)33-24-13-23(36(34-24)28(30,31)32)16-7-17(29)9-21(8-16)41-27(2,3)4;1-13(2,3)22-10-5-8(4-9(15)6-10)11-7-12(19)20-21(11)14(16,17)18;1-8-12(14(17)18)7-15(13(8)16)9-4-10(19-2)6-11(5-9)20-3/h7-13,15,22H,14H2,1-6H3,(H,33,34,37);4-7H,1-3H3,(H2,19,20);4-6,8,12H,7H2,1-3H3,(H,17,18)/t15-,22+;;8-,12+/m1.1/s1. The molecule has 0 aliphatic carbocycles. The van der Waals surface area contributed by atoms with E-state index in [1.54, 1.807) is 91.8 Å². The number of nitrogen functional groups attached to an aromatic ring is 1. The van der Waals surface area contributed by atoms with Crippen LogP contribution in [0.4, 0.5) is 58.1 Å². The molecular formula is C56H62F8N8O11. The van der Waals surface area contributed by atoms with E-state index in [2.05, 4.69) is 15.5 Å². The summed E-state index contributed by atoms with van der Waals surface area (Å²) in [5.41, 5.74) is 3.97. The van der Waals surface area contributed by atoms with Gasteiger partial charge in [0.05, 0.1) is 69.0 Å². The number of hydrogen-bond donors (Lipinski definition) is 3. The topological polar surface area (TPSA) is 224 Å². The highest BCUT2D eigenvalue weighted by molar-refractivity contribution is 6.05. The molecule has 0 radical (unpaired) electrons. The van der Waals surface area contributed by atoms with Crippen LogP contribution in [-0.4, -0.2) is 101 Å². The molecule has 0 saturated carbocycles. The Balaban J connectivity index is 0.000000221. The summed E-state index contributed by atoms with van der Waals surface area (Å²) < 4.78 is 140. The van der Waals surface area contributed by atoms with E-state index in [1.165, 1.54) is 50.4 Å². The van der Waals surface area contributed by atoms with Crippen LogP contribution in [0.25, 0.3) is 22.5 Å². The summed E-state index contributed by atoms with van der Waals surface area (Å²) in [7, 11) is 5.96. The molecular weight excluding hydrogens is 1110 g/mol. The molecule has 4 atom stereocenters. The van der Waals surface area contributed by atoms with Crippen LogP contribution in [0.15, 0.2) is 84.9 Å². The van der Waals surface area contributed by atoms with Gasteiger partial charge in [-0.2, -0.15) is 9.36 Å². The second-order valence-electron chi connectivity index (χ2n) is 21.1. The molecule has 4 heterocycles. The number of nitrogens with two attached hydrogens (primary N) is 1. The number of aliphatic carboxylic acids is 1. The molecule has 448 valence electrons. The third-order valence-corrected chi connectivity index (χ3v) is 12.6. The van der Waals surface area contributed by atoms with Crippen molar-refractivity contribution in [3.63, 3.8) is 0 Å². The van der Waals surface area contributed by atoms with E-state index >= 15 is 0 Å². The number of alkyl halides is 6. The van der Waals surface area contributed by atoms with E-state index in [0.29, 0.717) is 34.4 Å². The Hall–Kier alpha value is -8.78. The van der Waals surface area contributed by atoms with E-state index in [0.717, 1.165) is 36.4 Å². The van der Waals surface area contributed by atoms with Crippen molar-refractivity contribution in [2.24, 2.45) is 23.7 Å². The second-order valence-corrected chi connectivity index (χ2v) is 21.1. The molecule has 6 aromatic rings. The molecule has 2 fully saturated rings. The molecule has 0 bridgehead atoms. The van der Waals surface area contributed by atoms with Crippen molar-refractivity contribution >= 4 is 46.7 Å². The Bertz CT molecular complexity index is 3310. The number of aromatic nitrogens is 4. The lowest BCUT2D eigenvalue weighted by molar-refractivity contribution is -0.211. The molecule has 4 aromatic carbocycles. The summed E-state index contributed by atoms with van der Waals surface area (Å²) in [4.78, 5) is 52.5. The van der Waals surface area contributed by atoms with Crippen LogP contribution in [0.2, 0.25) is 0 Å². The fourth-order valence-electron chi connectivity index (χ4n) is 8.79. The Morgan fingerprint density at radius 3 is 1.29 bits per heavy atom. The molecule has 2 saturated heterocycles. The van der Waals surface area contributed by atoms with Gasteiger partial charge < -0.3 is 54.4 Å². The zero-order valence-corrected chi connectivity index (χ0v) is 47.1. The fraction of sp³-hybridized carbons (Fsp3) is 0.393. The van der Waals surface area contributed by atoms with Gasteiger partial charge in [0.15, 0.2) is 5.82 Å². The van der Waals surface area contributed by atoms with E-state index < -0.39 is 82.5 Å². The molecule has 0 spiro atoms. The first-order valence-corrected chi connectivity index (χ1v) is 25.3. The minimum Gasteiger partial charge on any atom is -0.497 e. The maximum Gasteiger partial charge on any atom is 0.505 e. The minimum atomic E-state index is -4.98. The Morgan fingerprint density at radius 2 is 0.928 bits per heavy atom. The zero-order chi connectivity index (χ0) is 61.8. The number of carbonyl (C=O) groups is 4. The molecule has 2 aliphatic rings. The second kappa shape index (κ2) is 24.7. The van der Waals surface area contributed by atoms with Crippen molar-refractivity contribution in [1.29, 1.82) is 0 Å². The van der Waals surface area contributed by atoms with Gasteiger partial charge in [-0.3, -0.25) is 19.2 Å². The number of carboxylic acids is 1. The van der Waals surface area contributed by atoms with E-state index in [4.69, 9.17) is 39.3 Å². The molecule has 3 amide bonds. The van der Waals surface area contributed by atoms with Crippen LogP contribution >= 0.6 is 0 Å². The first kappa shape index (κ1) is 63.4. The molecule has 19 nitrogen and oxygen atoms in total. The Morgan fingerprint density at radius 1 is 0.554 bits per heavy atom. The first-order chi connectivity index (χ1) is 38.5. The summed E-state index contributed by atoms with van der Waals surface area (Å²) in [6, 6.07) is 18.6. The SMILES string of the molecule is CC(C)(C)Oc1cc(F)cc(-c2cc(N)nn2C(F)(F)F)c1.COc1cc(OC)cc(N2C[C@H](C(=O)Nc3cc(-c4cc(F)cc(OC(C)(C)C)c4)n(C(F)(F)F)n3)[C@@H](C)C2=O)c1.COc1cc(OC)cc(N2C[C@H](C(=O)O)[C@@H](C)C2=O)c1. The Kier molecular flexibility index (Phi) is 18.9. The van der Waals surface area contributed by atoms with Crippen molar-refractivity contribution < 1.29 is 87.8 Å². The van der Waals surface area contributed by atoms with Crippen molar-refractivity contribution in [2.45, 2.75) is 79.2 Å². The number of nitrogens with zero attached hydrogens (tertiary/aromatic N) is 6. The lowest BCUT2D eigenvalue weighted by atomic mass is 9.97. The van der Waals surface area contributed by atoms with Crippen LogP contribution in [0, 0.1) is 35.3 Å². The molecule has 8 rings (SSSR count). The summed E-state index contributed by atoms with van der Waals surface area (Å²) in [6.45, 7) is 13.7. The van der Waals surface area contributed by atoms with Gasteiger partial charge in [0, 0.05) is 90.8 Å². The quantitative estimate of drug-likeness (QED) is 0.0915. The average Bonchev–Trinajstić information content (AvgIpc) is 3.02. The Labute approximate surface area is 471 Å².